The Morgan fingerprint density at radius 1 is 0.956 bits per heavy atom. The van der Waals surface area contributed by atoms with Crippen molar-refractivity contribution in [1.82, 2.24) is 19.7 Å². The number of aromatic amines is 1. The third-order valence-corrected chi connectivity index (χ3v) is 8.50. The number of aryl methyl sites for hydroxylation is 3. The van der Waals surface area contributed by atoms with Gasteiger partial charge in [-0.3, -0.25) is 10.00 Å². The highest BCUT2D eigenvalue weighted by Crippen LogP contribution is 2.38. The second-order valence-corrected chi connectivity index (χ2v) is 12.9. The molecule has 1 aliphatic heterocycles. The van der Waals surface area contributed by atoms with Crippen molar-refractivity contribution < 1.29 is 19.0 Å². The van der Waals surface area contributed by atoms with Gasteiger partial charge in [-0.15, -0.1) is 0 Å². The molecule has 1 saturated heterocycles. The Morgan fingerprint density at radius 2 is 1.69 bits per heavy atom. The number of nitrogens with zero attached hydrogens (tertiary/aromatic N) is 3. The molecule has 1 N–H and O–H groups in total. The van der Waals surface area contributed by atoms with Gasteiger partial charge in [-0.2, -0.15) is 5.10 Å². The van der Waals surface area contributed by atoms with Gasteiger partial charge in [0.2, 0.25) is 0 Å². The van der Waals surface area contributed by atoms with Gasteiger partial charge in [-0.1, -0.05) is 54.6 Å². The number of benzene rings is 3. The number of rotatable bonds is 10. The Balaban J connectivity index is 1.41. The monoisotopic (exact) mass is 608 g/mol. The lowest BCUT2D eigenvalue weighted by atomic mass is 9.98. The maximum atomic E-state index is 14.1. The molecule has 236 valence electrons. The lowest BCUT2D eigenvalue weighted by Gasteiger charge is -2.27. The van der Waals surface area contributed by atoms with Gasteiger partial charge >= 0.3 is 5.97 Å². The Morgan fingerprint density at radius 3 is 2.44 bits per heavy atom. The standard InChI is InChI=1S/C37H44N4O4/c1-25-33(26(2)39-38-25)31-15-9-14-29-30(16-10-22-44-32-17-8-12-27-11-6-7-13-28(27)32)35(36(42)45-37(3,4)5)41(34(29)31)19-18-40-20-23-43-24-21-40/h6-9,11-15,17H,10,16,18-24H2,1-5H3,(H,38,39). The number of carbonyl (C=O) groups excluding carboxylic acids is 1. The van der Waals surface area contributed by atoms with E-state index in [0.717, 1.165) is 94.8 Å². The van der Waals surface area contributed by atoms with Crippen LogP contribution in [0.15, 0.2) is 60.7 Å². The average Bonchev–Trinajstić information content (AvgIpc) is 3.53. The maximum Gasteiger partial charge on any atom is 0.355 e. The number of hydrogen-bond donors (Lipinski definition) is 1. The Labute approximate surface area is 265 Å². The fraction of sp³-hybridized carbons (Fsp3) is 0.405. The summed E-state index contributed by atoms with van der Waals surface area (Å²) in [5.41, 5.74) is 6.14. The molecule has 0 aliphatic carbocycles. The fourth-order valence-electron chi connectivity index (χ4n) is 6.48. The van der Waals surface area contributed by atoms with Crippen LogP contribution in [-0.2, 0) is 22.4 Å². The predicted molar refractivity (Wildman–Crippen MR) is 179 cm³/mol. The zero-order valence-corrected chi connectivity index (χ0v) is 27.1. The summed E-state index contributed by atoms with van der Waals surface area (Å²) in [4.78, 5) is 16.5. The van der Waals surface area contributed by atoms with Crippen LogP contribution in [0.3, 0.4) is 0 Å². The molecule has 0 bridgehead atoms. The van der Waals surface area contributed by atoms with E-state index in [2.05, 4.69) is 63.0 Å². The number of hydrogen-bond acceptors (Lipinski definition) is 6. The maximum absolute atomic E-state index is 14.1. The van der Waals surface area contributed by atoms with Crippen molar-refractivity contribution in [2.24, 2.45) is 0 Å². The van der Waals surface area contributed by atoms with E-state index in [9.17, 15) is 4.79 Å². The van der Waals surface area contributed by atoms with Gasteiger partial charge < -0.3 is 18.8 Å². The summed E-state index contributed by atoms with van der Waals surface area (Å²) in [6.07, 6.45) is 1.42. The van der Waals surface area contributed by atoms with Crippen LogP contribution in [0.4, 0.5) is 0 Å². The van der Waals surface area contributed by atoms with Crippen molar-refractivity contribution in [1.29, 1.82) is 0 Å². The van der Waals surface area contributed by atoms with E-state index in [1.807, 2.05) is 52.0 Å². The summed E-state index contributed by atoms with van der Waals surface area (Å²) in [7, 11) is 0. The fourth-order valence-corrected chi connectivity index (χ4v) is 6.48. The molecule has 0 amide bonds. The molecule has 45 heavy (non-hydrogen) atoms. The first-order valence-corrected chi connectivity index (χ1v) is 16.0. The molecule has 0 atom stereocenters. The first-order chi connectivity index (χ1) is 21.7. The SMILES string of the molecule is Cc1n[nH]c(C)c1-c1cccc2c(CCCOc3cccc4ccccc34)c(C(=O)OC(C)(C)C)n(CCN3CCOCC3)c12. The van der Waals surface area contributed by atoms with Gasteiger partial charge in [-0.05, 0) is 64.5 Å². The largest absolute Gasteiger partial charge is 0.493 e. The highest BCUT2D eigenvalue weighted by molar-refractivity contribution is 6.05. The quantitative estimate of drug-likeness (QED) is 0.135. The van der Waals surface area contributed by atoms with Crippen LogP contribution in [-0.4, -0.2) is 70.7 Å². The summed E-state index contributed by atoms with van der Waals surface area (Å²) >= 11 is 0. The summed E-state index contributed by atoms with van der Waals surface area (Å²) in [6, 6.07) is 20.8. The van der Waals surface area contributed by atoms with Crippen LogP contribution in [0.2, 0.25) is 0 Å². The molecular formula is C37H44N4O4. The number of aromatic nitrogens is 3. The normalized spacial score (nSPS) is 14.3. The average molecular weight is 609 g/mol. The minimum absolute atomic E-state index is 0.294. The predicted octanol–water partition coefficient (Wildman–Crippen LogP) is 7.10. The van der Waals surface area contributed by atoms with E-state index < -0.39 is 5.60 Å². The van der Waals surface area contributed by atoms with Gasteiger partial charge in [0.25, 0.3) is 0 Å². The zero-order valence-electron chi connectivity index (χ0n) is 27.1. The first-order valence-electron chi connectivity index (χ1n) is 16.0. The number of fused-ring (bicyclic) bond motifs is 2. The molecule has 3 heterocycles. The molecule has 2 aromatic heterocycles. The van der Waals surface area contributed by atoms with Crippen LogP contribution in [0.5, 0.6) is 5.75 Å². The van der Waals surface area contributed by atoms with Crippen LogP contribution < -0.4 is 4.74 Å². The topological polar surface area (TPSA) is 81.6 Å². The van der Waals surface area contributed by atoms with E-state index in [0.29, 0.717) is 25.3 Å². The number of para-hydroxylation sites is 1. The first kappa shape index (κ1) is 30.9. The molecule has 0 saturated carbocycles. The molecule has 8 nitrogen and oxygen atoms in total. The highest BCUT2D eigenvalue weighted by Gasteiger charge is 2.29. The van der Waals surface area contributed by atoms with Crippen molar-refractivity contribution >= 4 is 27.6 Å². The van der Waals surface area contributed by atoms with Crippen LogP contribution in [0, 0.1) is 13.8 Å². The Bertz CT molecular complexity index is 1780. The second-order valence-electron chi connectivity index (χ2n) is 12.9. The molecular weight excluding hydrogens is 564 g/mol. The molecule has 5 aromatic rings. The smallest absolute Gasteiger partial charge is 0.355 e. The zero-order chi connectivity index (χ0) is 31.6. The highest BCUT2D eigenvalue weighted by atomic mass is 16.6. The lowest BCUT2D eigenvalue weighted by Crippen LogP contribution is -2.38. The molecule has 0 spiro atoms. The Kier molecular flexibility index (Phi) is 8.97. The molecule has 6 rings (SSSR count). The number of ether oxygens (including phenoxy) is 3. The molecule has 0 unspecified atom stereocenters. The minimum Gasteiger partial charge on any atom is -0.493 e. The lowest BCUT2D eigenvalue weighted by molar-refractivity contribution is 0.00538. The van der Waals surface area contributed by atoms with Crippen molar-refractivity contribution in [2.75, 3.05) is 39.5 Å². The summed E-state index contributed by atoms with van der Waals surface area (Å²) in [6.45, 7) is 15.1. The molecule has 3 aromatic carbocycles. The molecule has 1 fully saturated rings. The third kappa shape index (κ3) is 6.63. The van der Waals surface area contributed by atoms with Gasteiger partial charge in [0.15, 0.2) is 0 Å². The van der Waals surface area contributed by atoms with Gasteiger partial charge in [0.05, 0.1) is 31.0 Å². The van der Waals surface area contributed by atoms with Crippen molar-refractivity contribution in [3.8, 4) is 16.9 Å². The second kappa shape index (κ2) is 13.1. The molecule has 0 radical (unpaired) electrons. The third-order valence-electron chi connectivity index (χ3n) is 8.50. The summed E-state index contributed by atoms with van der Waals surface area (Å²) < 4.78 is 20.2. The van der Waals surface area contributed by atoms with Crippen molar-refractivity contribution in [3.63, 3.8) is 0 Å². The van der Waals surface area contributed by atoms with E-state index in [4.69, 9.17) is 14.2 Å². The van der Waals surface area contributed by atoms with Crippen LogP contribution in [0.25, 0.3) is 32.8 Å². The van der Waals surface area contributed by atoms with E-state index in [1.165, 1.54) is 0 Å². The van der Waals surface area contributed by atoms with Gasteiger partial charge in [-0.25, -0.2) is 4.79 Å². The molecule has 1 aliphatic rings. The van der Waals surface area contributed by atoms with Gasteiger partial charge in [0, 0.05) is 53.8 Å². The van der Waals surface area contributed by atoms with E-state index in [1.54, 1.807) is 0 Å². The van der Waals surface area contributed by atoms with Gasteiger partial charge in [0.1, 0.15) is 17.0 Å². The number of H-pyrrole nitrogens is 1. The van der Waals surface area contributed by atoms with E-state index in [-0.39, 0.29) is 5.97 Å². The summed E-state index contributed by atoms with van der Waals surface area (Å²) in [5, 5.41) is 11.0. The van der Waals surface area contributed by atoms with E-state index >= 15 is 0 Å². The van der Waals surface area contributed by atoms with Crippen LogP contribution >= 0.6 is 0 Å². The number of esters is 1. The van der Waals surface area contributed by atoms with Crippen molar-refractivity contribution in [3.05, 3.63) is 83.3 Å². The van der Waals surface area contributed by atoms with Crippen LogP contribution in [0.1, 0.15) is 54.6 Å². The summed E-state index contributed by atoms with van der Waals surface area (Å²) in [5.74, 6) is 0.582. The molecule has 8 heteroatoms. The van der Waals surface area contributed by atoms with Crippen molar-refractivity contribution in [2.45, 2.75) is 59.6 Å². The minimum atomic E-state index is -0.627. The Hall–Kier alpha value is -4.14. The number of carbonyl (C=O) groups is 1. The number of nitrogens with one attached hydrogen (secondary N) is 1. The number of morpholine rings is 1.